The predicted molar refractivity (Wildman–Crippen MR) is 109 cm³/mol. The highest BCUT2D eigenvalue weighted by Gasteiger charge is 2.21. The van der Waals surface area contributed by atoms with E-state index in [4.69, 9.17) is 9.26 Å². The number of rotatable bonds is 8. The van der Waals surface area contributed by atoms with Crippen LogP contribution in [0.25, 0.3) is 0 Å². The lowest BCUT2D eigenvalue weighted by molar-refractivity contribution is 0.0920. The summed E-state index contributed by atoms with van der Waals surface area (Å²) in [6, 6.07) is 7.91. The van der Waals surface area contributed by atoms with E-state index in [2.05, 4.69) is 41.4 Å². The third-order valence-electron chi connectivity index (χ3n) is 4.96. The van der Waals surface area contributed by atoms with Crippen molar-refractivity contribution >= 4 is 5.91 Å². The Bertz CT molecular complexity index is 811. The average Bonchev–Trinajstić information content (AvgIpc) is 3.12. The number of fused-ring (bicyclic) bond motifs is 1. The van der Waals surface area contributed by atoms with Gasteiger partial charge in [-0.3, -0.25) is 4.79 Å². The molecule has 0 saturated carbocycles. The first kappa shape index (κ1) is 20.4. The molecule has 1 aromatic carbocycles. The monoisotopic (exact) mass is 385 g/mol. The molecule has 0 aliphatic heterocycles. The lowest BCUT2D eigenvalue weighted by Gasteiger charge is -2.28. The summed E-state index contributed by atoms with van der Waals surface area (Å²) < 4.78 is 11.1. The summed E-state index contributed by atoms with van der Waals surface area (Å²) in [6.07, 6.45) is 4.77. The molecule has 1 aromatic heterocycles. The summed E-state index contributed by atoms with van der Waals surface area (Å²) in [5.41, 5.74) is 3.06. The number of ether oxygens (including phenoxy) is 1. The standard InChI is InChI=1S/C22H31N3O3/c1-22(2,15-25(3)4)14-23-21(26)20-12-19(28-24-20)13-27-18-10-9-16-7-5-6-8-17(16)11-18/h9-12H,5-8,13-15H2,1-4H3,(H,23,26). The van der Waals surface area contributed by atoms with Gasteiger partial charge in [-0.25, -0.2) is 0 Å². The Morgan fingerprint density at radius 3 is 2.71 bits per heavy atom. The Balaban J connectivity index is 1.52. The first-order chi connectivity index (χ1) is 13.3. The molecule has 0 saturated heterocycles. The highest BCUT2D eigenvalue weighted by Crippen LogP contribution is 2.26. The molecule has 2 aromatic rings. The summed E-state index contributed by atoms with van der Waals surface area (Å²) in [5.74, 6) is 1.14. The minimum Gasteiger partial charge on any atom is -0.486 e. The minimum atomic E-state index is -0.226. The van der Waals surface area contributed by atoms with Crippen molar-refractivity contribution in [3.8, 4) is 5.75 Å². The molecule has 1 heterocycles. The van der Waals surface area contributed by atoms with Gasteiger partial charge in [0.15, 0.2) is 11.5 Å². The van der Waals surface area contributed by atoms with Crippen LogP contribution in [0, 0.1) is 5.41 Å². The summed E-state index contributed by atoms with van der Waals surface area (Å²) in [5, 5.41) is 6.82. The lowest BCUT2D eigenvalue weighted by atomic mass is 9.92. The summed E-state index contributed by atoms with van der Waals surface area (Å²) in [6.45, 7) is 5.94. The average molecular weight is 386 g/mol. The van der Waals surface area contributed by atoms with Crippen molar-refractivity contribution in [3.05, 3.63) is 46.8 Å². The maximum Gasteiger partial charge on any atom is 0.273 e. The predicted octanol–water partition coefficient (Wildman–Crippen LogP) is 3.45. The third-order valence-corrected chi connectivity index (χ3v) is 4.96. The zero-order valence-corrected chi connectivity index (χ0v) is 17.4. The Labute approximate surface area is 167 Å². The minimum absolute atomic E-state index is 0.0265. The van der Waals surface area contributed by atoms with Crippen LogP contribution >= 0.6 is 0 Å². The molecule has 1 aliphatic carbocycles. The van der Waals surface area contributed by atoms with Gasteiger partial charge in [-0.05, 0) is 68.5 Å². The van der Waals surface area contributed by atoms with E-state index in [0.29, 0.717) is 12.3 Å². The number of hydrogen-bond donors (Lipinski definition) is 1. The fourth-order valence-electron chi connectivity index (χ4n) is 3.76. The Hall–Kier alpha value is -2.34. The second-order valence-corrected chi connectivity index (χ2v) is 8.69. The van der Waals surface area contributed by atoms with Crippen LogP contribution in [0.5, 0.6) is 5.75 Å². The molecular weight excluding hydrogens is 354 g/mol. The van der Waals surface area contributed by atoms with Crippen molar-refractivity contribution in [2.45, 2.75) is 46.1 Å². The van der Waals surface area contributed by atoms with E-state index in [0.717, 1.165) is 25.1 Å². The van der Waals surface area contributed by atoms with Crippen molar-refractivity contribution < 1.29 is 14.1 Å². The second-order valence-electron chi connectivity index (χ2n) is 8.69. The van der Waals surface area contributed by atoms with Gasteiger partial charge in [0.25, 0.3) is 5.91 Å². The molecule has 0 unspecified atom stereocenters. The van der Waals surface area contributed by atoms with Crippen LogP contribution in [-0.4, -0.2) is 43.1 Å². The number of aryl methyl sites for hydroxylation is 2. The van der Waals surface area contributed by atoms with Crippen LogP contribution in [0.2, 0.25) is 0 Å². The van der Waals surface area contributed by atoms with Crippen molar-refractivity contribution in [2.75, 3.05) is 27.2 Å². The topological polar surface area (TPSA) is 67.6 Å². The molecule has 1 N–H and O–H groups in total. The fraction of sp³-hybridized carbons (Fsp3) is 0.545. The van der Waals surface area contributed by atoms with E-state index in [-0.39, 0.29) is 23.6 Å². The van der Waals surface area contributed by atoms with E-state index < -0.39 is 0 Å². The van der Waals surface area contributed by atoms with Gasteiger partial charge in [0.05, 0.1) is 0 Å². The molecule has 0 fully saturated rings. The van der Waals surface area contributed by atoms with E-state index in [1.807, 2.05) is 20.2 Å². The van der Waals surface area contributed by atoms with Gasteiger partial charge < -0.3 is 19.5 Å². The van der Waals surface area contributed by atoms with Gasteiger partial charge in [-0.2, -0.15) is 0 Å². The van der Waals surface area contributed by atoms with Gasteiger partial charge in [-0.1, -0.05) is 25.1 Å². The smallest absolute Gasteiger partial charge is 0.273 e. The van der Waals surface area contributed by atoms with E-state index in [1.54, 1.807) is 6.07 Å². The van der Waals surface area contributed by atoms with E-state index >= 15 is 0 Å². The highest BCUT2D eigenvalue weighted by atomic mass is 16.5. The normalized spacial score (nSPS) is 14.0. The van der Waals surface area contributed by atoms with E-state index in [1.165, 1.54) is 24.0 Å². The largest absolute Gasteiger partial charge is 0.486 e. The van der Waals surface area contributed by atoms with Gasteiger partial charge in [0.1, 0.15) is 12.4 Å². The van der Waals surface area contributed by atoms with Crippen LogP contribution in [0.15, 0.2) is 28.8 Å². The van der Waals surface area contributed by atoms with Crippen molar-refractivity contribution in [1.29, 1.82) is 0 Å². The van der Waals surface area contributed by atoms with Crippen LogP contribution in [-0.2, 0) is 19.4 Å². The number of carbonyl (C=O) groups excluding carboxylic acids is 1. The molecule has 0 radical (unpaired) electrons. The Morgan fingerprint density at radius 2 is 1.96 bits per heavy atom. The molecular formula is C22H31N3O3. The molecule has 0 bridgehead atoms. The number of aromatic nitrogens is 1. The molecule has 0 spiro atoms. The SMILES string of the molecule is CN(C)CC(C)(C)CNC(=O)c1cc(COc2ccc3c(c2)CCCC3)on1. The maximum atomic E-state index is 12.3. The van der Waals surface area contributed by atoms with Crippen molar-refractivity contribution in [1.82, 2.24) is 15.4 Å². The summed E-state index contributed by atoms with van der Waals surface area (Å²) in [4.78, 5) is 14.4. The molecule has 0 atom stereocenters. The number of hydrogen-bond acceptors (Lipinski definition) is 5. The van der Waals surface area contributed by atoms with Gasteiger partial charge >= 0.3 is 0 Å². The highest BCUT2D eigenvalue weighted by molar-refractivity contribution is 5.92. The number of benzene rings is 1. The fourth-order valence-corrected chi connectivity index (χ4v) is 3.76. The molecule has 1 amide bonds. The van der Waals surface area contributed by atoms with Crippen molar-refractivity contribution in [3.63, 3.8) is 0 Å². The van der Waals surface area contributed by atoms with Gasteiger partial charge in [-0.15, -0.1) is 0 Å². The molecule has 3 rings (SSSR count). The quantitative estimate of drug-likeness (QED) is 0.754. The number of carbonyl (C=O) groups is 1. The van der Waals surface area contributed by atoms with E-state index in [9.17, 15) is 4.79 Å². The third kappa shape index (κ3) is 5.58. The second kappa shape index (κ2) is 8.78. The van der Waals surface area contributed by atoms with Crippen molar-refractivity contribution in [2.24, 2.45) is 5.41 Å². The molecule has 6 heteroatoms. The van der Waals surface area contributed by atoms with Crippen LogP contribution < -0.4 is 10.1 Å². The number of amides is 1. The summed E-state index contributed by atoms with van der Waals surface area (Å²) >= 11 is 0. The maximum absolute atomic E-state index is 12.3. The number of nitrogens with one attached hydrogen (secondary N) is 1. The lowest BCUT2D eigenvalue weighted by Crippen LogP contribution is -2.40. The molecule has 1 aliphatic rings. The summed E-state index contributed by atoms with van der Waals surface area (Å²) in [7, 11) is 4.05. The first-order valence-corrected chi connectivity index (χ1v) is 9.95. The Morgan fingerprint density at radius 1 is 1.21 bits per heavy atom. The number of nitrogens with zero attached hydrogens (tertiary/aromatic N) is 2. The molecule has 152 valence electrons. The first-order valence-electron chi connectivity index (χ1n) is 9.95. The zero-order valence-electron chi connectivity index (χ0n) is 17.4. The van der Waals surface area contributed by atoms with Gasteiger partial charge in [0.2, 0.25) is 0 Å². The van der Waals surface area contributed by atoms with Crippen LogP contribution in [0.1, 0.15) is 54.1 Å². The molecule has 28 heavy (non-hydrogen) atoms. The van der Waals surface area contributed by atoms with Crippen LogP contribution in [0.3, 0.4) is 0 Å². The zero-order chi connectivity index (χ0) is 20.1. The molecule has 6 nitrogen and oxygen atoms in total. The Kier molecular flexibility index (Phi) is 6.39. The van der Waals surface area contributed by atoms with Crippen LogP contribution in [0.4, 0.5) is 0 Å². The van der Waals surface area contributed by atoms with Gasteiger partial charge in [0, 0.05) is 19.2 Å².